The van der Waals surface area contributed by atoms with E-state index in [0.717, 1.165) is 16.9 Å². The third-order valence-corrected chi connectivity index (χ3v) is 3.04. The fourth-order valence-electron chi connectivity index (χ4n) is 2.06. The maximum atomic E-state index is 12.2. The maximum Gasteiger partial charge on any atom is 0.278 e. The van der Waals surface area contributed by atoms with Crippen molar-refractivity contribution < 1.29 is 0 Å². The zero-order chi connectivity index (χ0) is 13.9. The monoisotopic (exact) mass is 263 g/mol. The first kappa shape index (κ1) is 12.2. The molecule has 0 aliphatic rings. The number of nitrogens with two attached hydrogens (primary N) is 1. The van der Waals surface area contributed by atoms with Crippen molar-refractivity contribution in [2.75, 3.05) is 5.73 Å². The van der Waals surface area contributed by atoms with Gasteiger partial charge in [0.05, 0.1) is 11.4 Å². The van der Waals surface area contributed by atoms with Crippen molar-refractivity contribution in [3.63, 3.8) is 0 Å². The zero-order valence-corrected chi connectivity index (χ0v) is 10.7. The molecule has 0 amide bonds. The smallest absolute Gasteiger partial charge is 0.278 e. The van der Waals surface area contributed by atoms with Crippen LogP contribution >= 0.6 is 0 Å². The largest absolute Gasteiger partial charge is 0.394 e. The number of nitrogen functional groups attached to an aromatic ring is 1. The van der Waals surface area contributed by atoms with E-state index in [-0.39, 0.29) is 11.2 Å². The van der Waals surface area contributed by atoms with Crippen LogP contribution in [-0.2, 0) is 0 Å². The molecule has 2 N–H and O–H groups in total. The highest BCUT2D eigenvalue weighted by atomic mass is 16.1. The second-order valence-corrected chi connectivity index (χ2v) is 4.41. The van der Waals surface area contributed by atoms with Gasteiger partial charge in [0.2, 0.25) is 0 Å². The summed E-state index contributed by atoms with van der Waals surface area (Å²) in [6.07, 6.45) is 3.47. The fourth-order valence-corrected chi connectivity index (χ4v) is 2.06. The molecule has 98 valence electrons. The lowest BCUT2D eigenvalue weighted by molar-refractivity contribution is 0.995. The van der Waals surface area contributed by atoms with Gasteiger partial charge in [-0.05, 0) is 30.3 Å². The summed E-state index contributed by atoms with van der Waals surface area (Å²) in [5.74, 6) is 0. The van der Waals surface area contributed by atoms with Crippen LogP contribution in [0.25, 0.3) is 16.9 Å². The summed E-state index contributed by atoms with van der Waals surface area (Å²) >= 11 is 0. The Morgan fingerprint density at radius 3 is 2.45 bits per heavy atom. The van der Waals surface area contributed by atoms with Crippen molar-refractivity contribution in [1.82, 2.24) is 9.55 Å². The summed E-state index contributed by atoms with van der Waals surface area (Å²) in [5.41, 5.74) is 8.19. The van der Waals surface area contributed by atoms with Crippen LogP contribution in [0.3, 0.4) is 0 Å². The van der Waals surface area contributed by atoms with Crippen LogP contribution in [-0.4, -0.2) is 9.55 Å². The van der Waals surface area contributed by atoms with E-state index < -0.39 is 0 Å². The Morgan fingerprint density at radius 1 is 1.00 bits per heavy atom. The van der Waals surface area contributed by atoms with Crippen molar-refractivity contribution in [3.05, 3.63) is 77.3 Å². The summed E-state index contributed by atoms with van der Waals surface area (Å²) in [7, 11) is 0. The Labute approximate surface area is 116 Å². The Hall–Kier alpha value is -2.88. The van der Waals surface area contributed by atoms with Gasteiger partial charge in [-0.2, -0.15) is 0 Å². The number of anilines is 1. The zero-order valence-electron chi connectivity index (χ0n) is 10.7. The summed E-state index contributed by atoms with van der Waals surface area (Å²) in [4.78, 5) is 16.5. The Bertz CT molecular complexity index is 780. The van der Waals surface area contributed by atoms with E-state index in [2.05, 4.69) is 4.98 Å². The van der Waals surface area contributed by atoms with Gasteiger partial charge in [0.1, 0.15) is 0 Å². The molecule has 4 nitrogen and oxygen atoms in total. The molecule has 2 aromatic heterocycles. The molecule has 1 aromatic carbocycles. The summed E-state index contributed by atoms with van der Waals surface area (Å²) < 4.78 is 1.54. The van der Waals surface area contributed by atoms with Gasteiger partial charge in [-0.15, -0.1) is 0 Å². The van der Waals surface area contributed by atoms with Crippen LogP contribution in [0, 0.1) is 0 Å². The molecule has 3 aromatic rings. The molecule has 3 rings (SSSR count). The molecule has 4 heteroatoms. The summed E-state index contributed by atoms with van der Waals surface area (Å²) in [6, 6.07) is 16.7. The van der Waals surface area contributed by atoms with Crippen molar-refractivity contribution in [3.8, 4) is 16.9 Å². The molecule has 0 saturated carbocycles. The minimum absolute atomic E-state index is 0.206. The second kappa shape index (κ2) is 5.01. The van der Waals surface area contributed by atoms with Crippen LogP contribution in [0.4, 0.5) is 5.69 Å². The van der Waals surface area contributed by atoms with Gasteiger partial charge in [-0.1, -0.05) is 24.3 Å². The van der Waals surface area contributed by atoms with E-state index in [0.29, 0.717) is 0 Å². The number of aromatic nitrogens is 2. The van der Waals surface area contributed by atoms with Gasteiger partial charge >= 0.3 is 0 Å². The van der Waals surface area contributed by atoms with Gasteiger partial charge in [-0.25, -0.2) is 0 Å². The quantitative estimate of drug-likeness (QED) is 0.772. The molecule has 0 bridgehead atoms. The van der Waals surface area contributed by atoms with Gasteiger partial charge < -0.3 is 5.73 Å². The average Bonchev–Trinajstić information content (AvgIpc) is 2.51. The molecule has 0 aliphatic heterocycles. The molecule has 0 spiro atoms. The average molecular weight is 263 g/mol. The van der Waals surface area contributed by atoms with Gasteiger partial charge in [-0.3, -0.25) is 14.3 Å². The first-order chi connectivity index (χ1) is 9.75. The second-order valence-electron chi connectivity index (χ2n) is 4.41. The highest BCUT2D eigenvalue weighted by molar-refractivity contribution is 5.63. The number of para-hydroxylation sites is 1. The number of nitrogens with zero attached hydrogens (tertiary/aromatic N) is 2. The fraction of sp³-hybridized carbons (Fsp3) is 0. The number of pyridine rings is 2. The number of rotatable bonds is 2. The number of benzene rings is 1. The van der Waals surface area contributed by atoms with Crippen LogP contribution in [0.2, 0.25) is 0 Å². The molecule has 0 fully saturated rings. The molecular formula is C16H13N3O. The highest BCUT2D eigenvalue weighted by Crippen LogP contribution is 2.18. The molecule has 2 heterocycles. The molecule has 20 heavy (non-hydrogen) atoms. The SMILES string of the molecule is Nc1cc(-c2ccccn2)cn(-c2ccccc2)c1=O. The van der Waals surface area contributed by atoms with Crippen LogP contribution in [0.5, 0.6) is 0 Å². The van der Waals surface area contributed by atoms with Gasteiger partial charge in [0.25, 0.3) is 5.56 Å². The van der Waals surface area contributed by atoms with Crippen LogP contribution in [0.15, 0.2) is 71.8 Å². The Balaban J connectivity index is 2.22. The molecule has 0 saturated heterocycles. The van der Waals surface area contributed by atoms with E-state index in [4.69, 9.17) is 5.73 Å². The lowest BCUT2D eigenvalue weighted by Gasteiger charge is -2.09. The van der Waals surface area contributed by atoms with Crippen molar-refractivity contribution in [1.29, 1.82) is 0 Å². The van der Waals surface area contributed by atoms with E-state index in [1.165, 1.54) is 0 Å². The summed E-state index contributed by atoms with van der Waals surface area (Å²) in [5, 5.41) is 0. The van der Waals surface area contributed by atoms with E-state index in [1.807, 2.05) is 48.5 Å². The predicted molar refractivity (Wildman–Crippen MR) is 79.7 cm³/mol. The minimum atomic E-state index is -0.226. The standard InChI is InChI=1S/C16H13N3O/c17-14-10-12(15-8-4-5-9-18-15)11-19(16(14)20)13-6-2-1-3-7-13/h1-11H,17H2. The highest BCUT2D eigenvalue weighted by Gasteiger charge is 2.07. The van der Waals surface area contributed by atoms with E-state index in [1.54, 1.807) is 23.0 Å². The predicted octanol–water partition coefficient (Wildman–Crippen LogP) is 2.48. The van der Waals surface area contributed by atoms with E-state index in [9.17, 15) is 4.79 Å². The van der Waals surface area contributed by atoms with Gasteiger partial charge in [0, 0.05) is 23.6 Å². The first-order valence-electron chi connectivity index (χ1n) is 6.25. The van der Waals surface area contributed by atoms with Crippen molar-refractivity contribution >= 4 is 5.69 Å². The first-order valence-corrected chi connectivity index (χ1v) is 6.25. The summed E-state index contributed by atoms with van der Waals surface area (Å²) in [6.45, 7) is 0. The normalized spacial score (nSPS) is 10.4. The number of hydrogen-bond acceptors (Lipinski definition) is 3. The molecular weight excluding hydrogens is 250 g/mol. The third-order valence-electron chi connectivity index (χ3n) is 3.04. The molecule has 0 radical (unpaired) electrons. The molecule has 0 aliphatic carbocycles. The van der Waals surface area contributed by atoms with Crippen molar-refractivity contribution in [2.24, 2.45) is 0 Å². The molecule has 0 atom stereocenters. The van der Waals surface area contributed by atoms with Crippen LogP contribution < -0.4 is 11.3 Å². The molecule has 0 unspecified atom stereocenters. The lowest BCUT2D eigenvalue weighted by Crippen LogP contribution is -2.21. The Kier molecular flexibility index (Phi) is 3.05. The third kappa shape index (κ3) is 2.19. The van der Waals surface area contributed by atoms with E-state index >= 15 is 0 Å². The minimum Gasteiger partial charge on any atom is -0.394 e. The van der Waals surface area contributed by atoms with Crippen LogP contribution in [0.1, 0.15) is 0 Å². The Morgan fingerprint density at radius 2 is 1.75 bits per heavy atom. The maximum absolute atomic E-state index is 12.2. The van der Waals surface area contributed by atoms with Crippen molar-refractivity contribution in [2.45, 2.75) is 0 Å². The van der Waals surface area contributed by atoms with Gasteiger partial charge in [0.15, 0.2) is 0 Å². The number of hydrogen-bond donors (Lipinski definition) is 1. The lowest BCUT2D eigenvalue weighted by atomic mass is 10.1. The topological polar surface area (TPSA) is 60.9 Å².